The van der Waals surface area contributed by atoms with Crippen LogP contribution in [0, 0.1) is 0 Å². The standard InChI is InChI=1S/C23H37N5O3/c1-19(2)20-6-4-5-7-21(20)31-15-8-25-23(24-3)28-11-9-26(10-12-28)18-22(29)27-13-16-30-17-14-27/h4-7,19H,8-18H2,1-3H3,(H,24,25). The first kappa shape index (κ1) is 23.3. The number of carbonyl (C=O) groups is 1. The van der Waals surface area contributed by atoms with E-state index in [1.807, 2.05) is 24.1 Å². The third-order valence-corrected chi connectivity index (χ3v) is 5.79. The number of aliphatic imine (C=N–C) groups is 1. The minimum Gasteiger partial charge on any atom is -0.491 e. The van der Waals surface area contributed by atoms with E-state index in [1.54, 1.807) is 0 Å². The molecule has 2 aliphatic rings. The average Bonchev–Trinajstić information content (AvgIpc) is 2.80. The van der Waals surface area contributed by atoms with Gasteiger partial charge in [-0.25, -0.2) is 0 Å². The van der Waals surface area contributed by atoms with Crippen LogP contribution in [0.25, 0.3) is 0 Å². The van der Waals surface area contributed by atoms with Gasteiger partial charge in [-0.05, 0) is 17.5 Å². The zero-order chi connectivity index (χ0) is 22.1. The topological polar surface area (TPSA) is 69.6 Å². The van der Waals surface area contributed by atoms with Crippen molar-refractivity contribution in [2.24, 2.45) is 4.99 Å². The second-order valence-electron chi connectivity index (χ2n) is 8.27. The lowest BCUT2D eigenvalue weighted by molar-refractivity contribution is -0.136. The Hall–Kier alpha value is -2.32. The lowest BCUT2D eigenvalue weighted by Crippen LogP contribution is -2.55. The number of piperazine rings is 1. The number of amides is 1. The zero-order valence-electron chi connectivity index (χ0n) is 19.2. The molecule has 0 spiro atoms. The quantitative estimate of drug-likeness (QED) is 0.398. The van der Waals surface area contributed by atoms with E-state index in [2.05, 4.69) is 46.1 Å². The average molecular weight is 432 g/mol. The predicted molar refractivity (Wildman–Crippen MR) is 123 cm³/mol. The molecule has 0 aliphatic carbocycles. The number of nitrogens with one attached hydrogen (secondary N) is 1. The summed E-state index contributed by atoms with van der Waals surface area (Å²) in [7, 11) is 1.81. The van der Waals surface area contributed by atoms with Crippen molar-refractivity contribution in [2.45, 2.75) is 19.8 Å². The molecular weight excluding hydrogens is 394 g/mol. The fraction of sp³-hybridized carbons (Fsp3) is 0.652. The molecule has 1 N–H and O–H groups in total. The highest BCUT2D eigenvalue weighted by Crippen LogP contribution is 2.25. The van der Waals surface area contributed by atoms with Crippen molar-refractivity contribution in [2.75, 3.05) is 79.2 Å². The number of guanidine groups is 1. The lowest BCUT2D eigenvalue weighted by atomic mass is 10.0. The van der Waals surface area contributed by atoms with Crippen molar-refractivity contribution in [1.82, 2.24) is 20.0 Å². The van der Waals surface area contributed by atoms with Gasteiger partial charge in [0.2, 0.25) is 5.91 Å². The van der Waals surface area contributed by atoms with E-state index >= 15 is 0 Å². The summed E-state index contributed by atoms with van der Waals surface area (Å²) in [6.45, 7) is 12.2. The van der Waals surface area contributed by atoms with E-state index in [1.165, 1.54) is 5.56 Å². The van der Waals surface area contributed by atoms with Gasteiger partial charge in [0.1, 0.15) is 12.4 Å². The monoisotopic (exact) mass is 431 g/mol. The normalized spacial score (nSPS) is 18.4. The summed E-state index contributed by atoms with van der Waals surface area (Å²) in [5, 5.41) is 3.41. The van der Waals surface area contributed by atoms with Crippen molar-refractivity contribution in [3.63, 3.8) is 0 Å². The van der Waals surface area contributed by atoms with Crippen molar-refractivity contribution < 1.29 is 14.3 Å². The van der Waals surface area contributed by atoms with Crippen molar-refractivity contribution >= 4 is 11.9 Å². The Morgan fingerprint density at radius 3 is 2.48 bits per heavy atom. The molecule has 2 aliphatic heterocycles. The molecule has 31 heavy (non-hydrogen) atoms. The van der Waals surface area contributed by atoms with E-state index in [-0.39, 0.29) is 5.91 Å². The fourth-order valence-electron chi connectivity index (χ4n) is 3.97. The van der Waals surface area contributed by atoms with Gasteiger partial charge < -0.3 is 24.6 Å². The van der Waals surface area contributed by atoms with Crippen LogP contribution in [0.3, 0.4) is 0 Å². The number of carbonyl (C=O) groups excluding carboxylic acids is 1. The van der Waals surface area contributed by atoms with E-state index < -0.39 is 0 Å². The summed E-state index contributed by atoms with van der Waals surface area (Å²) in [5.41, 5.74) is 1.23. The maximum absolute atomic E-state index is 12.5. The number of rotatable bonds is 7. The molecule has 0 atom stereocenters. The number of hydrogen-bond acceptors (Lipinski definition) is 5. The number of benzene rings is 1. The van der Waals surface area contributed by atoms with Crippen LogP contribution in [0.15, 0.2) is 29.3 Å². The second kappa shape index (κ2) is 11.9. The SMILES string of the molecule is CN=C(NCCOc1ccccc1C(C)C)N1CCN(CC(=O)N2CCOCC2)CC1. The Balaban J connectivity index is 1.38. The molecule has 3 rings (SSSR count). The third-order valence-electron chi connectivity index (χ3n) is 5.79. The van der Waals surface area contributed by atoms with Crippen molar-refractivity contribution in [3.05, 3.63) is 29.8 Å². The number of para-hydroxylation sites is 1. The van der Waals surface area contributed by atoms with Gasteiger partial charge in [-0.3, -0.25) is 14.7 Å². The molecule has 0 unspecified atom stereocenters. The highest BCUT2D eigenvalue weighted by molar-refractivity contribution is 5.80. The Bertz CT molecular complexity index is 726. The second-order valence-corrected chi connectivity index (χ2v) is 8.27. The largest absolute Gasteiger partial charge is 0.491 e. The molecule has 0 bridgehead atoms. The van der Waals surface area contributed by atoms with Gasteiger partial charge in [0, 0.05) is 46.3 Å². The first-order valence-corrected chi connectivity index (χ1v) is 11.3. The molecule has 0 aromatic heterocycles. The van der Waals surface area contributed by atoms with E-state index in [4.69, 9.17) is 9.47 Å². The predicted octanol–water partition coefficient (Wildman–Crippen LogP) is 1.24. The number of morpholine rings is 1. The maximum Gasteiger partial charge on any atom is 0.236 e. The van der Waals surface area contributed by atoms with Gasteiger partial charge in [0.25, 0.3) is 0 Å². The summed E-state index contributed by atoms with van der Waals surface area (Å²) in [4.78, 5) is 23.3. The summed E-state index contributed by atoms with van der Waals surface area (Å²) in [6, 6.07) is 8.21. The van der Waals surface area contributed by atoms with Crippen LogP contribution in [0.1, 0.15) is 25.3 Å². The first-order valence-electron chi connectivity index (χ1n) is 11.3. The third kappa shape index (κ3) is 6.83. The Kier molecular flexibility index (Phi) is 8.97. The molecule has 2 heterocycles. The van der Waals surface area contributed by atoms with Gasteiger partial charge in [-0.2, -0.15) is 0 Å². The van der Waals surface area contributed by atoms with Crippen LogP contribution in [0.5, 0.6) is 5.75 Å². The Morgan fingerprint density at radius 2 is 1.81 bits per heavy atom. The van der Waals surface area contributed by atoms with Crippen LogP contribution in [0.2, 0.25) is 0 Å². The number of hydrogen-bond donors (Lipinski definition) is 1. The Labute approximate surface area is 186 Å². The van der Waals surface area contributed by atoms with E-state index in [0.29, 0.717) is 51.9 Å². The molecule has 1 aromatic rings. The molecule has 0 saturated carbocycles. The molecule has 0 radical (unpaired) electrons. The first-order chi connectivity index (χ1) is 15.1. The number of ether oxygens (including phenoxy) is 2. The summed E-state index contributed by atoms with van der Waals surface area (Å²) >= 11 is 0. The number of nitrogens with zero attached hydrogens (tertiary/aromatic N) is 4. The highest BCUT2D eigenvalue weighted by Gasteiger charge is 2.24. The molecule has 2 saturated heterocycles. The van der Waals surface area contributed by atoms with E-state index in [0.717, 1.165) is 37.9 Å². The molecule has 8 nitrogen and oxygen atoms in total. The van der Waals surface area contributed by atoms with Crippen LogP contribution < -0.4 is 10.1 Å². The van der Waals surface area contributed by atoms with Crippen LogP contribution in [0.4, 0.5) is 0 Å². The van der Waals surface area contributed by atoms with Gasteiger partial charge in [0.05, 0.1) is 26.3 Å². The van der Waals surface area contributed by atoms with Crippen LogP contribution in [-0.4, -0.2) is 106 Å². The van der Waals surface area contributed by atoms with Gasteiger partial charge in [-0.15, -0.1) is 0 Å². The lowest BCUT2D eigenvalue weighted by Gasteiger charge is -2.37. The fourth-order valence-corrected chi connectivity index (χ4v) is 3.97. The van der Waals surface area contributed by atoms with E-state index in [9.17, 15) is 4.79 Å². The Morgan fingerprint density at radius 1 is 1.10 bits per heavy atom. The van der Waals surface area contributed by atoms with Gasteiger partial charge in [0.15, 0.2) is 5.96 Å². The molecule has 1 aromatic carbocycles. The zero-order valence-corrected chi connectivity index (χ0v) is 19.2. The van der Waals surface area contributed by atoms with Gasteiger partial charge >= 0.3 is 0 Å². The minimum absolute atomic E-state index is 0.207. The highest BCUT2D eigenvalue weighted by atomic mass is 16.5. The molecule has 8 heteroatoms. The molecular formula is C23H37N5O3. The van der Waals surface area contributed by atoms with Crippen LogP contribution in [-0.2, 0) is 9.53 Å². The smallest absolute Gasteiger partial charge is 0.236 e. The molecule has 1 amide bonds. The minimum atomic E-state index is 0.207. The summed E-state index contributed by atoms with van der Waals surface area (Å²) in [6.07, 6.45) is 0. The van der Waals surface area contributed by atoms with Crippen molar-refractivity contribution in [1.29, 1.82) is 0 Å². The van der Waals surface area contributed by atoms with Crippen LogP contribution >= 0.6 is 0 Å². The summed E-state index contributed by atoms with van der Waals surface area (Å²) in [5.74, 6) is 2.48. The van der Waals surface area contributed by atoms with Gasteiger partial charge in [-0.1, -0.05) is 32.0 Å². The molecule has 172 valence electrons. The van der Waals surface area contributed by atoms with Crippen molar-refractivity contribution in [3.8, 4) is 5.75 Å². The summed E-state index contributed by atoms with van der Waals surface area (Å²) < 4.78 is 11.3. The molecule has 2 fully saturated rings. The maximum atomic E-state index is 12.5.